The molecule has 0 spiro atoms. The van der Waals surface area contributed by atoms with Crippen LogP contribution in [-0.4, -0.2) is 13.1 Å². The molecule has 0 amide bonds. The third kappa shape index (κ3) is 3.17. The first-order valence-electron chi connectivity index (χ1n) is 6.34. The quantitative estimate of drug-likeness (QED) is 0.704. The van der Waals surface area contributed by atoms with Gasteiger partial charge in [0.2, 0.25) is 0 Å². The van der Waals surface area contributed by atoms with Crippen LogP contribution in [-0.2, 0) is 5.88 Å². The summed E-state index contributed by atoms with van der Waals surface area (Å²) in [5.41, 5.74) is 2.53. The largest absolute Gasteiger partial charge is 0.371 e. The molecular formula is C14H19BrClN. The summed E-state index contributed by atoms with van der Waals surface area (Å²) in [5, 5.41) is 0. The van der Waals surface area contributed by atoms with Gasteiger partial charge in [-0.15, -0.1) is 11.6 Å². The first-order chi connectivity index (χ1) is 8.24. The molecule has 0 bridgehead atoms. The second-order valence-electron chi connectivity index (χ2n) is 4.74. The molecule has 1 aliphatic rings. The summed E-state index contributed by atoms with van der Waals surface area (Å²) in [6, 6.07) is 6.42. The monoisotopic (exact) mass is 315 g/mol. The normalized spacial score (nSPS) is 15.7. The van der Waals surface area contributed by atoms with E-state index < -0.39 is 0 Å². The minimum absolute atomic E-state index is 0.579. The van der Waals surface area contributed by atoms with E-state index in [1.54, 1.807) is 0 Å². The van der Waals surface area contributed by atoms with Crippen LogP contribution in [0.1, 0.15) is 31.7 Å². The van der Waals surface area contributed by atoms with Crippen LogP contribution < -0.4 is 4.90 Å². The fourth-order valence-electron chi connectivity index (χ4n) is 2.35. The van der Waals surface area contributed by atoms with Crippen LogP contribution in [0.4, 0.5) is 5.69 Å². The average molecular weight is 317 g/mol. The molecule has 0 heterocycles. The maximum Gasteiger partial charge on any atom is 0.0494 e. The lowest BCUT2D eigenvalue weighted by molar-refractivity contribution is 0.318. The van der Waals surface area contributed by atoms with Crippen LogP contribution in [0.5, 0.6) is 0 Å². The molecule has 0 saturated heterocycles. The van der Waals surface area contributed by atoms with Gasteiger partial charge in [-0.1, -0.05) is 22.4 Å². The molecule has 1 aliphatic carbocycles. The van der Waals surface area contributed by atoms with Crippen LogP contribution >= 0.6 is 27.5 Å². The van der Waals surface area contributed by atoms with Crippen molar-refractivity contribution in [3.05, 3.63) is 28.2 Å². The summed E-state index contributed by atoms with van der Waals surface area (Å²) in [4.78, 5) is 2.47. The van der Waals surface area contributed by atoms with Crippen LogP contribution in [0.25, 0.3) is 0 Å². The third-order valence-electron chi connectivity index (χ3n) is 3.61. The minimum Gasteiger partial charge on any atom is -0.371 e. The van der Waals surface area contributed by atoms with Crippen molar-refractivity contribution in [2.75, 3.05) is 18.0 Å². The molecular weight excluding hydrogens is 298 g/mol. The van der Waals surface area contributed by atoms with Gasteiger partial charge < -0.3 is 4.90 Å². The van der Waals surface area contributed by atoms with E-state index in [9.17, 15) is 0 Å². The van der Waals surface area contributed by atoms with Gasteiger partial charge in [-0.3, -0.25) is 0 Å². The molecule has 0 unspecified atom stereocenters. The SMILES string of the molecule is CCN(CC1CCC1)c1ccc(Br)cc1CCl. The van der Waals surface area contributed by atoms with E-state index in [1.165, 1.54) is 37.1 Å². The van der Waals surface area contributed by atoms with Gasteiger partial charge in [-0.05, 0) is 49.4 Å². The Balaban J connectivity index is 2.16. The second kappa shape index (κ2) is 6.10. The molecule has 1 fully saturated rings. The summed E-state index contributed by atoms with van der Waals surface area (Å²) in [5.74, 6) is 1.47. The zero-order valence-corrected chi connectivity index (χ0v) is 12.6. The molecule has 0 atom stereocenters. The molecule has 1 aromatic rings. The van der Waals surface area contributed by atoms with Gasteiger partial charge in [-0.2, -0.15) is 0 Å². The first kappa shape index (κ1) is 13.2. The number of hydrogen-bond donors (Lipinski definition) is 0. The Kier molecular flexibility index (Phi) is 4.75. The van der Waals surface area contributed by atoms with Crippen molar-refractivity contribution in [2.24, 2.45) is 5.92 Å². The molecule has 0 aromatic heterocycles. The van der Waals surface area contributed by atoms with Crippen molar-refractivity contribution in [3.8, 4) is 0 Å². The van der Waals surface area contributed by atoms with Gasteiger partial charge in [0.25, 0.3) is 0 Å². The predicted molar refractivity (Wildman–Crippen MR) is 78.9 cm³/mol. The van der Waals surface area contributed by atoms with Crippen LogP contribution in [0, 0.1) is 5.92 Å². The Morgan fingerprint density at radius 2 is 2.18 bits per heavy atom. The smallest absolute Gasteiger partial charge is 0.0494 e. The van der Waals surface area contributed by atoms with Gasteiger partial charge in [-0.25, -0.2) is 0 Å². The van der Waals surface area contributed by atoms with Crippen LogP contribution in [0.3, 0.4) is 0 Å². The molecule has 17 heavy (non-hydrogen) atoms. The van der Waals surface area contributed by atoms with Gasteiger partial charge in [0, 0.05) is 29.1 Å². The summed E-state index contributed by atoms with van der Waals surface area (Å²) in [6.45, 7) is 4.46. The number of benzene rings is 1. The lowest BCUT2D eigenvalue weighted by Gasteiger charge is -2.34. The first-order valence-corrected chi connectivity index (χ1v) is 7.66. The summed E-state index contributed by atoms with van der Waals surface area (Å²) in [6.07, 6.45) is 4.19. The summed E-state index contributed by atoms with van der Waals surface area (Å²) >= 11 is 9.55. The predicted octanol–water partition coefficient (Wildman–Crippen LogP) is 4.81. The highest BCUT2D eigenvalue weighted by atomic mass is 79.9. The molecule has 1 nitrogen and oxygen atoms in total. The van der Waals surface area contributed by atoms with Gasteiger partial charge in [0.15, 0.2) is 0 Å². The maximum atomic E-state index is 6.04. The third-order valence-corrected chi connectivity index (χ3v) is 4.39. The Hall–Kier alpha value is -0.210. The molecule has 0 radical (unpaired) electrons. The van der Waals surface area contributed by atoms with Crippen molar-refractivity contribution >= 4 is 33.2 Å². The van der Waals surface area contributed by atoms with Crippen molar-refractivity contribution < 1.29 is 0 Å². The number of rotatable bonds is 5. The summed E-state index contributed by atoms with van der Waals surface area (Å²) in [7, 11) is 0. The van der Waals surface area contributed by atoms with Gasteiger partial charge in [0.05, 0.1) is 0 Å². The Morgan fingerprint density at radius 1 is 1.41 bits per heavy atom. The number of halogens is 2. The van der Waals surface area contributed by atoms with E-state index in [2.05, 4.69) is 46.0 Å². The Morgan fingerprint density at radius 3 is 2.71 bits per heavy atom. The molecule has 3 heteroatoms. The van der Waals surface area contributed by atoms with Gasteiger partial charge in [0.1, 0.15) is 0 Å². The van der Waals surface area contributed by atoms with Crippen molar-refractivity contribution in [2.45, 2.75) is 32.1 Å². The second-order valence-corrected chi connectivity index (χ2v) is 5.93. The standard InChI is InChI=1S/C14H19BrClN/c1-2-17(10-11-4-3-5-11)14-7-6-13(15)8-12(14)9-16/h6-8,11H,2-5,9-10H2,1H3. The Labute approximate surface area is 117 Å². The number of anilines is 1. The lowest BCUT2D eigenvalue weighted by atomic mass is 9.85. The molecule has 0 aliphatic heterocycles. The number of alkyl halides is 1. The van der Waals surface area contributed by atoms with Crippen LogP contribution in [0.2, 0.25) is 0 Å². The van der Waals surface area contributed by atoms with E-state index in [0.29, 0.717) is 5.88 Å². The molecule has 1 aromatic carbocycles. The highest BCUT2D eigenvalue weighted by molar-refractivity contribution is 9.10. The fraction of sp³-hybridized carbons (Fsp3) is 0.571. The highest BCUT2D eigenvalue weighted by Gasteiger charge is 2.21. The fourth-order valence-corrected chi connectivity index (χ4v) is 2.98. The van der Waals surface area contributed by atoms with E-state index in [-0.39, 0.29) is 0 Å². The highest BCUT2D eigenvalue weighted by Crippen LogP contribution is 2.31. The number of hydrogen-bond acceptors (Lipinski definition) is 1. The average Bonchev–Trinajstić information content (AvgIpc) is 2.29. The van der Waals surface area contributed by atoms with Crippen molar-refractivity contribution in [3.63, 3.8) is 0 Å². The molecule has 2 rings (SSSR count). The lowest BCUT2D eigenvalue weighted by Crippen LogP contribution is -2.32. The summed E-state index contributed by atoms with van der Waals surface area (Å²) < 4.78 is 1.11. The van der Waals surface area contributed by atoms with E-state index in [0.717, 1.165) is 16.9 Å². The Bertz CT molecular complexity index is 376. The minimum atomic E-state index is 0.579. The molecule has 1 saturated carbocycles. The molecule has 94 valence electrons. The van der Waals surface area contributed by atoms with E-state index in [1.807, 2.05) is 0 Å². The molecule has 0 N–H and O–H groups in total. The van der Waals surface area contributed by atoms with E-state index in [4.69, 9.17) is 11.6 Å². The van der Waals surface area contributed by atoms with Crippen molar-refractivity contribution in [1.82, 2.24) is 0 Å². The zero-order chi connectivity index (χ0) is 12.3. The number of nitrogens with zero attached hydrogens (tertiary/aromatic N) is 1. The van der Waals surface area contributed by atoms with Crippen molar-refractivity contribution in [1.29, 1.82) is 0 Å². The maximum absolute atomic E-state index is 6.04. The van der Waals surface area contributed by atoms with Crippen LogP contribution in [0.15, 0.2) is 22.7 Å². The van der Waals surface area contributed by atoms with E-state index >= 15 is 0 Å². The topological polar surface area (TPSA) is 3.24 Å². The zero-order valence-electron chi connectivity index (χ0n) is 10.3. The van der Waals surface area contributed by atoms with Gasteiger partial charge >= 0.3 is 0 Å².